The van der Waals surface area contributed by atoms with Crippen LogP contribution in [0.3, 0.4) is 0 Å². The minimum atomic E-state index is 0.883. The summed E-state index contributed by atoms with van der Waals surface area (Å²) in [7, 11) is 4.17. The molecule has 0 fully saturated rings. The second-order valence-corrected chi connectivity index (χ2v) is 6.63. The minimum absolute atomic E-state index is 0.883. The van der Waals surface area contributed by atoms with E-state index in [1.165, 1.54) is 11.0 Å². The maximum absolute atomic E-state index is 4.72. The second kappa shape index (κ2) is 5.74. The van der Waals surface area contributed by atoms with Crippen LogP contribution in [-0.4, -0.2) is 19.1 Å². The van der Waals surface area contributed by atoms with Crippen molar-refractivity contribution in [3.05, 3.63) is 60.2 Å². The number of para-hydroxylation sites is 4. The van der Waals surface area contributed by atoms with Crippen LogP contribution in [-0.2, 0) is 25.6 Å². The van der Waals surface area contributed by atoms with E-state index in [4.69, 9.17) is 9.97 Å². The van der Waals surface area contributed by atoms with Gasteiger partial charge in [-0.15, -0.1) is 11.8 Å². The molecule has 0 bridgehead atoms. The van der Waals surface area contributed by atoms with Crippen molar-refractivity contribution in [3.63, 3.8) is 0 Å². The summed E-state index contributed by atoms with van der Waals surface area (Å²) in [5.41, 5.74) is 4.50. The van der Waals surface area contributed by atoms with Gasteiger partial charge in [-0.1, -0.05) is 24.3 Å². The highest BCUT2D eigenvalue weighted by Crippen LogP contribution is 2.22. The van der Waals surface area contributed by atoms with Crippen molar-refractivity contribution in [1.82, 2.24) is 19.1 Å². The summed E-state index contributed by atoms with van der Waals surface area (Å²) in [6.45, 7) is 0. The molecule has 0 unspecified atom stereocenters. The van der Waals surface area contributed by atoms with Gasteiger partial charge in [-0.3, -0.25) is 0 Å². The Labute approximate surface area is 139 Å². The summed E-state index contributed by atoms with van der Waals surface area (Å²) >= 11 is 1.85. The number of hydrogen-bond donors (Lipinski definition) is 0. The zero-order valence-corrected chi connectivity index (χ0v) is 14.0. The Bertz CT molecular complexity index is 903. The lowest BCUT2D eigenvalue weighted by Gasteiger charge is -2.03. The predicted octanol–water partition coefficient (Wildman–Crippen LogP) is 3.89. The van der Waals surface area contributed by atoms with Crippen molar-refractivity contribution >= 4 is 33.8 Å². The van der Waals surface area contributed by atoms with E-state index in [-0.39, 0.29) is 0 Å². The first-order chi connectivity index (χ1) is 11.2. The molecule has 5 heteroatoms. The van der Waals surface area contributed by atoms with Crippen LogP contribution < -0.4 is 0 Å². The summed E-state index contributed by atoms with van der Waals surface area (Å²) in [5, 5.41) is 0. The number of fused-ring (bicyclic) bond motifs is 2. The lowest BCUT2D eigenvalue weighted by atomic mass is 10.3. The van der Waals surface area contributed by atoms with Crippen LogP contribution >= 0.6 is 11.8 Å². The Morgan fingerprint density at radius 3 is 1.61 bits per heavy atom. The number of aromatic nitrogens is 4. The number of rotatable bonds is 4. The fraction of sp³-hybridized carbons (Fsp3) is 0.222. The molecule has 0 saturated carbocycles. The van der Waals surface area contributed by atoms with E-state index in [1.807, 2.05) is 23.9 Å². The normalized spacial score (nSPS) is 11.6. The molecule has 2 heterocycles. The van der Waals surface area contributed by atoms with Crippen molar-refractivity contribution in [3.8, 4) is 0 Å². The van der Waals surface area contributed by atoms with Crippen molar-refractivity contribution in [2.45, 2.75) is 11.5 Å². The molecule has 0 aliphatic carbocycles. The molecule has 4 rings (SSSR count). The van der Waals surface area contributed by atoms with Crippen LogP contribution in [0, 0.1) is 0 Å². The van der Waals surface area contributed by atoms with Crippen LogP contribution in [0.15, 0.2) is 48.5 Å². The molecule has 0 saturated heterocycles. The van der Waals surface area contributed by atoms with Gasteiger partial charge >= 0.3 is 0 Å². The summed E-state index contributed by atoms with van der Waals surface area (Å²) in [6.07, 6.45) is 0. The van der Waals surface area contributed by atoms with Crippen LogP contribution in [0.5, 0.6) is 0 Å². The highest BCUT2D eigenvalue weighted by atomic mass is 32.2. The van der Waals surface area contributed by atoms with Crippen molar-refractivity contribution < 1.29 is 0 Å². The van der Waals surface area contributed by atoms with Gasteiger partial charge in [0.15, 0.2) is 0 Å². The number of hydrogen-bond acceptors (Lipinski definition) is 3. The van der Waals surface area contributed by atoms with Gasteiger partial charge in [0.2, 0.25) is 0 Å². The molecular weight excluding hydrogens is 304 g/mol. The minimum Gasteiger partial charge on any atom is -0.330 e. The molecule has 0 amide bonds. The molecule has 23 heavy (non-hydrogen) atoms. The zero-order valence-electron chi connectivity index (χ0n) is 13.2. The van der Waals surface area contributed by atoms with Gasteiger partial charge in [-0.2, -0.15) is 0 Å². The van der Waals surface area contributed by atoms with Crippen LogP contribution in [0.4, 0.5) is 0 Å². The first-order valence-corrected chi connectivity index (χ1v) is 8.78. The van der Waals surface area contributed by atoms with E-state index in [0.29, 0.717) is 0 Å². The molecular formula is C18H18N4S. The van der Waals surface area contributed by atoms with E-state index in [1.54, 1.807) is 0 Å². The Kier molecular flexibility index (Phi) is 3.58. The fourth-order valence-electron chi connectivity index (χ4n) is 2.88. The summed E-state index contributed by atoms with van der Waals surface area (Å²) in [4.78, 5) is 9.45. The number of imidazole rings is 2. The summed E-state index contributed by atoms with van der Waals surface area (Å²) < 4.78 is 4.36. The SMILES string of the molecule is Cn1c(CSCc2nc3ccccc3n2C)nc2ccccc21. The van der Waals surface area contributed by atoms with E-state index in [0.717, 1.165) is 34.2 Å². The van der Waals surface area contributed by atoms with Crippen molar-refractivity contribution in [2.75, 3.05) is 0 Å². The Morgan fingerprint density at radius 2 is 1.17 bits per heavy atom. The molecule has 4 aromatic rings. The summed E-state index contributed by atoms with van der Waals surface area (Å²) in [5.74, 6) is 3.98. The van der Waals surface area contributed by atoms with Crippen LogP contribution in [0.25, 0.3) is 22.1 Å². The average Bonchev–Trinajstić information content (AvgIpc) is 3.07. The summed E-state index contributed by atoms with van der Waals surface area (Å²) in [6, 6.07) is 16.5. The maximum Gasteiger partial charge on any atom is 0.119 e. The third-order valence-electron chi connectivity index (χ3n) is 4.22. The third-order valence-corrected chi connectivity index (χ3v) is 5.15. The van der Waals surface area contributed by atoms with Gasteiger partial charge in [-0.25, -0.2) is 9.97 Å². The average molecular weight is 322 g/mol. The van der Waals surface area contributed by atoms with E-state index in [9.17, 15) is 0 Å². The highest BCUT2D eigenvalue weighted by Gasteiger charge is 2.10. The van der Waals surface area contributed by atoms with Crippen LogP contribution in [0.1, 0.15) is 11.6 Å². The largest absolute Gasteiger partial charge is 0.330 e. The third kappa shape index (κ3) is 2.51. The zero-order chi connectivity index (χ0) is 15.8. The first kappa shape index (κ1) is 14.3. The monoisotopic (exact) mass is 322 g/mol. The number of nitrogens with zero attached hydrogens (tertiary/aromatic N) is 4. The molecule has 2 aromatic heterocycles. The van der Waals surface area contributed by atoms with E-state index < -0.39 is 0 Å². The number of benzene rings is 2. The predicted molar refractivity (Wildman–Crippen MR) is 96.4 cm³/mol. The Morgan fingerprint density at radius 1 is 0.739 bits per heavy atom. The van der Waals surface area contributed by atoms with E-state index in [2.05, 4.69) is 59.6 Å². The second-order valence-electron chi connectivity index (χ2n) is 5.64. The van der Waals surface area contributed by atoms with E-state index >= 15 is 0 Å². The molecule has 0 radical (unpaired) electrons. The molecule has 0 aliphatic heterocycles. The maximum atomic E-state index is 4.72. The quantitative estimate of drug-likeness (QED) is 0.572. The lowest BCUT2D eigenvalue weighted by molar-refractivity contribution is 0.865. The molecule has 0 spiro atoms. The van der Waals surface area contributed by atoms with Crippen LogP contribution in [0.2, 0.25) is 0 Å². The standard InChI is InChI=1S/C18H18N4S/c1-21-15-9-5-3-7-13(15)19-17(21)11-23-12-18-20-14-8-4-6-10-16(14)22(18)2/h3-10H,11-12H2,1-2H3. The highest BCUT2D eigenvalue weighted by molar-refractivity contribution is 7.97. The Balaban J connectivity index is 1.52. The smallest absolute Gasteiger partial charge is 0.119 e. The number of thioether (sulfide) groups is 1. The molecule has 4 nitrogen and oxygen atoms in total. The van der Waals surface area contributed by atoms with Crippen molar-refractivity contribution in [1.29, 1.82) is 0 Å². The van der Waals surface area contributed by atoms with Gasteiger partial charge in [0.25, 0.3) is 0 Å². The molecule has 0 atom stereocenters. The fourth-order valence-corrected chi connectivity index (χ4v) is 3.87. The lowest BCUT2D eigenvalue weighted by Crippen LogP contribution is -1.98. The Hall–Kier alpha value is -2.27. The van der Waals surface area contributed by atoms with Gasteiger partial charge in [0, 0.05) is 14.1 Å². The van der Waals surface area contributed by atoms with Gasteiger partial charge in [-0.05, 0) is 24.3 Å². The van der Waals surface area contributed by atoms with Crippen molar-refractivity contribution in [2.24, 2.45) is 14.1 Å². The molecule has 0 N–H and O–H groups in total. The van der Waals surface area contributed by atoms with Gasteiger partial charge in [0.05, 0.1) is 33.6 Å². The van der Waals surface area contributed by atoms with Gasteiger partial charge in [0.1, 0.15) is 11.6 Å². The molecule has 0 aliphatic rings. The topological polar surface area (TPSA) is 35.6 Å². The molecule has 2 aromatic carbocycles. The molecule has 116 valence electrons. The van der Waals surface area contributed by atoms with Gasteiger partial charge < -0.3 is 9.13 Å². The first-order valence-electron chi connectivity index (χ1n) is 7.62. The number of aryl methyl sites for hydroxylation is 2.